The molecule has 0 aromatic heterocycles. The average molecular weight is 122 g/mol. The molecule has 0 amide bonds. The molecule has 0 radical (unpaired) electrons. The van der Waals surface area contributed by atoms with Crippen molar-refractivity contribution in [1.82, 2.24) is 0 Å². The van der Waals surface area contributed by atoms with Crippen LogP contribution in [0.3, 0.4) is 0 Å². The third-order valence-electron chi connectivity index (χ3n) is 1.73. The molecule has 0 aromatic rings. The zero-order valence-electron chi connectivity index (χ0n) is 7.70. The van der Waals surface area contributed by atoms with E-state index in [1.54, 1.807) is 0 Å². The van der Waals surface area contributed by atoms with Crippen molar-refractivity contribution in [1.29, 1.82) is 0 Å². The van der Waals surface area contributed by atoms with Crippen molar-refractivity contribution in [2.45, 2.75) is 39.7 Å². The van der Waals surface area contributed by atoms with Gasteiger partial charge in [0, 0.05) is 0 Å². The Labute approximate surface area is 77.3 Å². The van der Waals surface area contributed by atoms with Crippen LogP contribution in [0.1, 0.15) is 22.2 Å². The minimum absolute atomic E-state index is 0. The topological polar surface area (TPSA) is 0 Å². The largest absolute Gasteiger partial charge is 1.00 e. The summed E-state index contributed by atoms with van der Waals surface area (Å²) in [7, 11) is 0. The summed E-state index contributed by atoms with van der Waals surface area (Å²) in [5, 5.41) is 0. The third-order valence-corrected chi connectivity index (χ3v) is 1.73. The molecule has 44 valence electrons. The van der Waals surface area contributed by atoms with E-state index in [4.69, 9.17) is 0 Å². The Morgan fingerprint density at radius 2 is 1.25 bits per heavy atom. The number of hydrogen-bond donors (Lipinski definition) is 0. The summed E-state index contributed by atoms with van der Waals surface area (Å²) < 4.78 is 0. The van der Waals surface area contributed by atoms with E-state index in [2.05, 4.69) is 20.8 Å². The Morgan fingerprint density at radius 1 is 1.00 bits per heavy atom. The molecule has 0 aliphatic rings. The predicted molar refractivity (Wildman–Crippen MR) is 38.3 cm³/mol. The molecule has 0 nitrogen and oxygen atoms in total. The maximum atomic E-state index is 2.26. The zero-order valence-corrected chi connectivity index (χ0v) is 8.70. The molecule has 2 heteroatoms. The average Bonchev–Trinajstić information content (AvgIpc) is 1.72. The molecule has 0 N–H and O–H groups in total. The molecule has 0 rings (SSSR count). The Hall–Kier alpha value is 1.06. The summed E-state index contributed by atoms with van der Waals surface area (Å²) in [4.78, 5) is 0. The van der Waals surface area contributed by atoms with Crippen LogP contribution < -0.4 is 29.6 Å². The second kappa shape index (κ2) is 8.06. The van der Waals surface area contributed by atoms with Crippen molar-refractivity contribution in [3.63, 3.8) is 0 Å². The fourth-order valence-electron chi connectivity index (χ4n) is 0.866. The number of rotatable bonds is 3. The first-order valence-corrected chi connectivity index (χ1v) is 3.35. The minimum Gasteiger partial charge on any atom is -1.00 e. The minimum atomic E-state index is 0. The van der Waals surface area contributed by atoms with Gasteiger partial charge in [0.1, 0.15) is 6.71 Å². The van der Waals surface area contributed by atoms with Gasteiger partial charge >= 0.3 is 29.6 Å². The second-order valence-electron chi connectivity index (χ2n) is 2.09. The normalized spacial score (nSPS) is 7.88. The molecular formula is C6H16BNa. The first-order chi connectivity index (χ1) is 3.35. The molecule has 0 saturated heterocycles. The molecule has 0 atom stereocenters. The summed E-state index contributed by atoms with van der Waals surface area (Å²) in [5.74, 6) is 0. The Balaban J connectivity index is -0.000000180. The van der Waals surface area contributed by atoms with Crippen molar-refractivity contribution in [3.05, 3.63) is 0 Å². The van der Waals surface area contributed by atoms with Crippen molar-refractivity contribution in [2.75, 3.05) is 0 Å². The van der Waals surface area contributed by atoms with Gasteiger partial charge in [0.15, 0.2) is 0 Å². The molecule has 0 spiro atoms. The summed E-state index contributed by atoms with van der Waals surface area (Å²) in [6.45, 7) is 7.77. The van der Waals surface area contributed by atoms with Crippen LogP contribution in [0.2, 0.25) is 19.0 Å². The maximum absolute atomic E-state index is 2.26. The second-order valence-corrected chi connectivity index (χ2v) is 2.09. The quantitative estimate of drug-likeness (QED) is 0.449. The smallest absolute Gasteiger partial charge is 1.00 e. The Bertz CT molecular complexity index is 34.5. The van der Waals surface area contributed by atoms with Crippen LogP contribution in [0.25, 0.3) is 0 Å². The van der Waals surface area contributed by atoms with Gasteiger partial charge in [0.2, 0.25) is 0 Å². The van der Waals surface area contributed by atoms with Crippen LogP contribution in [-0.2, 0) is 0 Å². The molecule has 0 fully saturated rings. The third kappa shape index (κ3) is 5.21. The van der Waals surface area contributed by atoms with Gasteiger partial charge in [0.05, 0.1) is 0 Å². The van der Waals surface area contributed by atoms with E-state index in [-0.39, 0.29) is 31.0 Å². The van der Waals surface area contributed by atoms with E-state index in [1.165, 1.54) is 19.0 Å². The van der Waals surface area contributed by atoms with Gasteiger partial charge in [-0.2, -0.15) is 0 Å². The van der Waals surface area contributed by atoms with Crippen LogP contribution in [0, 0.1) is 0 Å². The van der Waals surface area contributed by atoms with Crippen molar-refractivity contribution < 1.29 is 31.0 Å². The molecule has 0 aromatic carbocycles. The van der Waals surface area contributed by atoms with Gasteiger partial charge in [-0.05, 0) is 0 Å². The van der Waals surface area contributed by atoms with Gasteiger partial charge in [-0.15, -0.1) is 0 Å². The number of hydrogen-bond acceptors (Lipinski definition) is 0. The zero-order chi connectivity index (χ0) is 5.70. The van der Waals surface area contributed by atoms with Gasteiger partial charge in [-0.25, -0.2) is 0 Å². The Morgan fingerprint density at radius 3 is 1.25 bits per heavy atom. The van der Waals surface area contributed by atoms with Gasteiger partial charge in [-0.1, -0.05) is 39.7 Å². The van der Waals surface area contributed by atoms with Crippen molar-refractivity contribution in [2.24, 2.45) is 0 Å². The molecule has 0 saturated carbocycles. The molecule has 0 heterocycles. The monoisotopic (exact) mass is 122 g/mol. The van der Waals surface area contributed by atoms with Crippen LogP contribution in [0.4, 0.5) is 0 Å². The molecule has 0 aliphatic carbocycles. The van der Waals surface area contributed by atoms with Gasteiger partial charge < -0.3 is 1.43 Å². The first kappa shape index (κ1) is 11.8. The standard InChI is InChI=1S/C6H15B.Na.H/c1-4-7(5-2)6-3;;/h4-6H2,1-3H3;;/q;+1;-1. The molecule has 0 aliphatic heterocycles. The van der Waals surface area contributed by atoms with E-state index < -0.39 is 0 Å². The molecule has 0 bridgehead atoms. The van der Waals surface area contributed by atoms with Gasteiger partial charge in [-0.3, -0.25) is 0 Å². The van der Waals surface area contributed by atoms with E-state index in [1.807, 2.05) is 0 Å². The van der Waals surface area contributed by atoms with E-state index in [9.17, 15) is 0 Å². The molecule has 8 heavy (non-hydrogen) atoms. The van der Waals surface area contributed by atoms with E-state index in [0.717, 1.165) is 6.71 Å². The summed E-state index contributed by atoms with van der Waals surface area (Å²) in [6.07, 6.45) is 4.06. The van der Waals surface area contributed by atoms with Crippen LogP contribution >= 0.6 is 0 Å². The maximum Gasteiger partial charge on any atom is 1.00 e. The first-order valence-electron chi connectivity index (χ1n) is 3.35. The van der Waals surface area contributed by atoms with Crippen LogP contribution in [-0.4, -0.2) is 6.71 Å². The van der Waals surface area contributed by atoms with Crippen molar-refractivity contribution in [3.8, 4) is 0 Å². The molecule has 0 unspecified atom stereocenters. The SMILES string of the molecule is CCB(CC)CC.[H-].[Na+]. The molecular weight excluding hydrogens is 106 g/mol. The summed E-state index contributed by atoms with van der Waals surface area (Å²) >= 11 is 0. The van der Waals surface area contributed by atoms with Crippen LogP contribution in [0.15, 0.2) is 0 Å². The fraction of sp³-hybridized carbons (Fsp3) is 1.00. The van der Waals surface area contributed by atoms with Gasteiger partial charge in [0.25, 0.3) is 0 Å². The predicted octanol–water partition coefficient (Wildman–Crippen LogP) is -0.343. The van der Waals surface area contributed by atoms with Crippen molar-refractivity contribution >= 4 is 6.71 Å². The van der Waals surface area contributed by atoms with Crippen LogP contribution in [0.5, 0.6) is 0 Å². The summed E-state index contributed by atoms with van der Waals surface area (Å²) in [6, 6.07) is 0. The summed E-state index contributed by atoms with van der Waals surface area (Å²) in [5.41, 5.74) is 0. The Kier molecular flexibility index (Phi) is 11.9. The van der Waals surface area contributed by atoms with E-state index >= 15 is 0 Å². The fourth-order valence-corrected chi connectivity index (χ4v) is 0.866. The van der Waals surface area contributed by atoms with E-state index in [0.29, 0.717) is 0 Å².